The van der Waals surface area contributed by atoms with Gasteiger partial charge in [-0.15, -0.1) is 0 Å². The van der Waals surface area contributed by atoms with Crippen molar-refractivity contribution in [2.75, 3.05) is 40.3 Å². The van der Waals surface area contributed by atoms with E-state index in [1.54, 1.807) is 7.11 Å². The van der Waals surface area contributed by atoms with Gasteiger partial charge in [-0.3, -0.25) is 9.89 Å². The molecule has 2 atom stereocenters. The predicted molar refractivity (Wildman–Crippen MR) is 101 cm³/mol. The van der Waals surface area contributed by atoms with Crippen LogP contribution in [0.2, 0.25) is 0 Å². The standard InChI is InChI=1S/C19H32N4O/c1-5-23-12-8-9-16(23)14-22-19(20-3)21-13-15(2)17-10-6-7-11-18(17)24-4/h6-7,10-11,15-16H,5,8-9,12-14H2,1-4H3,(H2,20,21,22). The van der Waals surface area contributed by atoms with Crippen LogP contribution in [0.3, 0.4) is 0 Å². The molecule has 0 aliphatic carbocycles. The van der Waals surface area contributed by atoms with Crippen LogP contribution in [-0.4, -0.2) is 57.2 Å². The van der Waals surface area contributed by atoms with Gasteiger partial charge >= 0.3 is 0 Å². The van der Waals surface area contributed by atoms with Gasteiger partial charge in [0.15, 0.2) is 5.96 Å². The molecule has 0 saturated carbocycles. The molecule has 24 heavy (non-hydrogen) atoms. The molecule has 1 heterocycles. The number of para-hydroxylation sites is 1. The van der Waals surface area contributed by atoms with E-state index >= 15 is 0 Å². The zero-order valence-electron chi connectivity index (χ0n) is 15.5. The molecule has 134 valence electrons. The molecule has 5 nitrogen and oxygen atoms in total. The van der Waals surface area contributed by atoms with Crippen LogP contribution < -0.4 is 15.4 Å². The van der Waals surface area contributed by atoms with E-state index in [1.807, 2.05) is 19.2 Å². The summed E-state index contributed by atoms with van der Waals surface area (Å²) in [5, 5.41) is 6.92. The van der Waals surface area contributed by atoms with E-state index in [2.05, 4.69) is 46.5 Å². The number of guanidine groups is 1. The highest BCUT2D eigenvalue weighted by atomic mass is 16.5. The molecule has 1 aliphatic rings. The summed E-state index contributed by atoms with van der Waals surface area (Å²) in [6, 6.07) is 8.82. The highest BCUT2D eigenvalue weighted by molar-refractivity contribution is 5.79. The van der Waals surface area contributed by atoms with Gasteiger partial charge in [0.1, 0.15) is 5.75 Å². The highest BCUT2D eigenvalue weighted by Crippen LogP contribution is 2.25. The summed E-state index contributed by atoms with van der Waals surface area (Å²) in [6.07, 6.45) is 2.58. The summed E-state index contributed by atoms with van der Waals surface area (Å²) in [5.74, 6) is 2.16. The zero-order chi connectivity index (χ0) is 17.4. The number of rotatable bonds is 7. The fraction of sp³-hybridized carbons (Fsp3) is 0.632. The Kier molecular flexibility index (Phi) is 7.37. The average molecular weight is 332 g/mol. The second-order valence-electron chi connectivity index (χ2n) is 6.40. The number of methoxy groups -OCH3 is 1. The Morgan fingerprint density at radius 3 is 2.88 bits per heavy atom. The number of ether oxygens (including phenoxy) is 1. The van der Waals surface area contributed by atoms with Gasteiger partial charge < -0.3 is 15.4 Å². The van der Waals surface area contributed by atoms with Crippen LogP contribution in [0, 0.1) is 0 Å². The van der Waals surface area contributed by atoms with Gasteiger partial charge in [-0.2, -0.15) is 0 Å². The van der Waals surface area contributed by atoms with Gasteiger partial charge in [-0.1, -0.05) is 32.0 Å². The Morgan fingerprint density at radius 1 is 1.38 bits per heavy atom. The lowest BCUT2D eigenvalue weighted by molar-refractivity contribution is 0.267. The van der Waals surface area contributed by atoms with Crippen molar-refractivity contribution >= 4 is 5.96 Å². The molecule has 1 aromatic rings. The molecule has 0 amide bonds. The Bertz CT molecular complexity index is 532. The smallest absolute Gasteiger partial charge is 0.191 e. The van der Waals surface area contributed by atoms with Crippen LogP contribution in [0.1, 0.15) is 38.2 Å². The fourth-order valence-corrected chi connectivity index (χ4v) is 3.41. The largest absolute Gasteiger partial charge is 0.496 e. The molecule has 1 saturated heterocycles. The maximum Gasteiger partial charge on any atom is 0.191 e. The molecule has 0 bridgehead atoms. The van der Waals surface area contributed by atoms with Crippen LogP contribution in [0.4, 0.5) is 0 Å². The lowest BCUT2D eigenvalue weighted by atomic mass is 10.0. The molecule has 5 heteroatoms. The van der Waals surface area contributed by atoms with Crippen LogP contribution in [0.5, 0.6) is 5.75 Å². The minimum Gasteiger partial charge on any atom is -0.496 e. The number of likely N-dealkylation sites (N-methyl/N-ethyl adjacent to an activating group) is 1. The van der Waals surface area contributed by atoms with Gasteiger partial charge in [0.05, 0.1) is 7.11 Å². The zero-order valence-corrected chi connectivity index (χ0v) is 15.5. The summed E-state index contributed by atoms with van der Waals surface area (Å²) in [5.41, 5.74) is 1.22. The minimum absolute atomic E-state index is 0.346. The van der Waals surface area contributed by atoms with Crippen LogP contribution in [0.25, 0.3) is 0 Å². The molecule has 0 radical (unpaired) electrons. The first-order valence-corrected chi connectivity index (χ1v) is 9.01. The summed E-state index contributed by atoms with van der Waals surface area (Å²) >= 11 is 0. The van der Waals surface area contributed by atoms with E-state index in [0.717, 1.165) is 31.3 Å². The van der Waals surface area contributed by atoms with E-state index < -0.39 is 0 Å². The Balaban J connectivity index is 1.83. The number of nitrogens with zero attached hydrogens (tertiary/aromatic N) is 2. The number of benzene rings is 1. The number of nitrogens with one attached hydrogen (secondary N) is 2. The topological polar surface area (TPSA) is 48.9 Å². The van der Waals surface area contributed by atoms with Crippen molar-refractivity contribution in [3.8, 4) is 5.75 Å². The van der Waals surface area contributed by atoms with Crippen LogP contribution >= 0.6 is 0 Å². The lowest BCUT2D eigenvalue weighted by Crippen LogP contribution is -2.45. The van der Waals surface area contributed by atoms with Crippen molar-refractivity contribution in [1.29, 1.82) is 0 Å². The minimum atomic E-state index is 0.346. The number of aliphatic imine (C=N–C) groups is 1. The van der Waals surface area contributed by atoms with Crippen molar-refractivity contribution in [3.63, 3.8) is 0 Å². The second-order valence-corrected chi connectivity index (χ2v) is 6.40. The third-order valence-electron chi connectivity index (χ3n) is 4.88. The Morgan fingerprint density at radius 2 is 2.17 bits per heavy atom. The highest BCUT2D eigenvalue weighted by Gasteiger charge is 2.22. The summed E-state index contributed by atoms with van der Waals surface area (Å²) in [7, 11) is 3.55. The summed E-state index contributed by atoms with van der Waals surface area (Å²) < 4.78 is 5.46. The Hall–Kier alpha value is -1.75. The predicted octanol–water partition coefficient (Wildman–Crippen LogP) is 2.45. The molecule has 2 unspecified atom stereocenters. The SMILES string of the molecule is CCN1CCCC1CNC(=NC)NCC(C)c1ccccc1OC. The molecule has 1 aromatic carbocycles. The Labute approximate surface area is 146 Å². The lowest BCUT2D eigenvalue weighted by Gasteiger charge is -2.24. The van der Waals surface area contributed by atoms with Crippen molar-refractivity contribution in [2.24, 2.45) is 4.99 Å². The summed E-state index contributed by atoms with van der Waals surface area (Å²) in [4.78, 5) is 6.89. The second kappa shape index (κ2) is 9.52. The first kappa shape index (κ1) is 18.6. The van der Waals surface area contributed by atoms with E-state index in [9.17, 15) is 0 Å². The molecule has 0 aromatic heterocycles. The van der Waals surface area contributed by atoms with E-state index in [-0.39, 0.29) is 0 Å². The fourth-order valence-electron chi connectivity index (χ4n) is 3.41. The molecule has 0 spiro atoms. The van der Waals surface area contributed by atoms with Crippen molar-refractivity contribution in [3.05, 3.63) is 29.8 Å². The molecular weight excluding hydrogens is 300 g/mol. The average Bonchev–Trinajstić information content (AvgIpc) is 3.09. The molecule has 2 N–H and O–H groups in total. The van der Waals surface area contributed by atoms with E-state index in [4.69, 9.17) is 4.74 Å². The van der Waals surface area contributed by atoms with E-state index in [1.165, 1.54) is 24.9 Å². The van der Waals surface area contributed by atoms with Crippen LogP contribution in [-0.2, 0) is 0 Å². The van der Waals surface area contributed by atoms with Gasteiger partial charge in [0, 0.05) is 32.1 Å². The maximum absolute atomic E-state index is 5.46. The van der Waals surface area contributed by atoms with Gasteiger partial charge in [0.2, 0.25) is 0 Å². The monoisotopic (exact) mass is 332 g/mol. The van der Waals surface area contributed by atoms with Gasteiger partial charge in [-0.25, -0.2) is 0 Å². The quantitative estimate of drug-likeness (QED) is 0.595. The van der Waals surface area contributed by atoms with Crippen LogP contribution in [0.15, 0.2) is 29.3 Å². The third kappa shape index (κ3) is 4.87. The number of likely N-dealkylation sites (tertiary alicyclic amines) is 1. The van der Waals surface area contributed by atoms with Crippen molar-refractivity contribution in [1.82, 2.24) is 15.5 Å². The van der Waals surface area contributed by atoms with Gasteiger partial charge in [-0.05, 0) is 37.6 Å². The molecule has 1 fully saturated rings. The normalized spacial score (nSPS) is 20.0. The van der Waals surface area contributed by atoms with E-state index in [0.29, 0.717) is 12.0 Å². The van der Waals surface area contributed by atoms with Crippen molar-refractivity contribution in [2.45, 2.75) is 38.6 Å². The molecular formula is C19H32N4O. The molecule has 2 rings (SSSR count). The van der Waals surface area contributed by atoms with Crippen molar-refractivity contribution < 1.29 is 4.74 Å². The summed E-state index contributed by atoms with van der Waals surface area (Å²) in [6.45, 7) is 8.57. The number of hydrogen-bond donors (Lipinski definition) is 2. The van der Waals surface area contributed by atoms with Gasteiger partial charge in [0.25, 0.3) is 0 Å². The number of hydrogen-bond acceptors (Lipinski definition) is 3. The third-order valence-corrected chi connectivity index (χ3v) is 4.88. The first-order chi connectivity index (χ1) is 11.7. The maximum atomic E-state index is 5.46. The first-order valence-electron chi connectivity index (χ1n) is 9.01. The molecule has 1 aliphatic heterocycles.